The van der Waals surface area contributed by atoms with E-state index in [1.165, 1.54) is 7.11 Å². The predicted molar refractivity (Wildman–Crippen MR) is 49.5 cm³/mol. The van der Waals surface area contributed by atoms with Crippen LogP contribution >= 0.6 is 0 Å². The molecule has 0 saturated carbocycles. The molecule has 0 aliphatic rings. The lowest BCUT2D eigenvalue weighted by molar-refractivity contribution is -0.140. The Hall–Kier alpha value is -0.650. The Morgan fingerprint density at radius 2 is 1.85 bits per heavy atom. The normalized spacial score (nSPS) is 10.0. The lowest BCUT2D eigenvalue weighted by Gasteiger charge is -2.04. The van der Waals surface area contributed by atoms with Gasteiger partial charge in [-0.05, 0) is 0 Å². The van der Waals surface area contributed by atoms with E-state index in [-0.39, 0.29) is 12.6 Å². The Morgan fingerprint density at radius 3 is 2.38 bits per heavy atom. The molecule has 0 bridgehead atoms. The van der Waals surface area contributed by atoms with Gasteiger partial charge >= 0.3 is 5.97 Å². The van der Waals surface area contributed by atoms with Gasteiger partial charge in [0.25, 0.3) is 0 Å². The fourth-order valence-corrected chi connectivity index (χ4v) is 0.798. The molecule has 0 saturated heterocycles. The minimum absolute atomic E-state index is 0.155. The Bertz CT molecular complexity index is 131. The standard InChI is InChI=1S/C8H18N2O3/c1-13-8(12)2-3-9-4-5-10-6-7-11/h9-11H,2-7H2,1H3. The molecule has 0 heterocycles. The van der Waals surface area contributed by atoms with Crippen LogP contribution in [0.15, 0.2) is 0 Å². The highest BCUT2D eigenvalue weighted by Gasteiger charge is 1.97. The molecule has 0 aliphatic carbocycles. The molecule has 0 rings (SSSR count). The molecule has 0 amide bonds. The van der Waals surface area contributed by atoms with Crippen molar-refractivity contribution in [2.24, 2.45) is 0 Å². The van der Waals surface area contributed by atoms with E-state index < -0.39 is 0 Å². The number of hydrogen-bond donors (Lipinski definition) is 3. The van der Waals surface area contributed by atoms with Gasteiger partial charge in [-0.1, -0.05) is 0 Å². The summed E-state index contributed by atoms with van der Waals surface area (Å²) in [6.45, 7) is 2.98. The predicted octanol–water partition coefficient (Wildman–Crippen LogP) is -1.28. The molecular formula is C8H18N2O3. The van der Waals surface area contributed by atoms with Crippen LogP contribution in [0.1, 0.15) is 6.42 Å². The zero-order chi connectivity index (χ0) is 9.94. The molecule has 0 fully saturated rings. The van der Waals surface area contributed by atoms with Crippen LogP contribution in [0.2, 0.25) is 0 Å². The maximum absolute atomic E-state index is 10.6. The fraction of sp³-hybridized carbons (Fsp3) is 0.875. The first-order valence-corrected chi connectivity index (χ1v) is 4.40. The second-order valence-corrected chi connectivity index (χ2v) is 2.55. The third kappa shape index (κ3) is 9.26. The highest BCUT2D eigenvalue weighted by Crippen LogP contribution is 1.79. The maximum Gasteiger partial charge on any atom is 0.306 e. The van der Waals surface area contributed by atoms with Crippen LogP contribution in [0.5, 0.6) is 0 Å². The minimum Gasteiger partial charge on any atom is -0.469 e. The number of esters is 1. The first-order valence-electron chi connectivity index (χ1n) is 4.40. The van der Waals surface area contributed by atoms with Crippen molar-refractivity contribution in [3.05, 3.63) is 0 Å². The number of carbonyl (C=O) groups excluding carboxylic acids is 1. The maximum atomic E-state index is 10.6. The van der Waals surface area contributed by atoms with Gasteiger partial charge in [0.1, 0.15) is 0 Å². The summed E-state index contributed by atoms with van der Waals surface area (Å²) < 4.78 is 4.47. The van der Waals surface area contributed by atoms with Crippen molar-refractivity contribution in [1.29, 1.82) is 0 Å². The number of methoxy groups -OCH3 is 1. The fourth-order valence-electron chi connectivity index (χ4n) is 0.798. The van der Waals surface area contributed by atoms with Crippen LogP contribution in [0.25, 0.3) is 0 Å². The Kier molecular flexibility index (Phi) is 8.97. The van der Waals surface area contributed by atoms with Gasteiger partial charge in [-0.2, -0.15) is 0 Å². The molecule has 0 aliphatic heterocycles. The summed E-state index contributed by atoms with van der Waals surface area (Å²) in [5.41, 5.74) is 0. The lowest BCUT2D eigenvalue weighted by Crippen LogP contribution is -2.30. The van der Waals surface area contributed by atoms with Crippen molar-refractivity contribution < 1.29 is 14.6 Å². The second-order valence-electron chi connectivity index (χ2n) is 2.55. The van der Waals surface area contributed by atoms with Gasteiger partial charge in [-0.25, -0.2) is 0 Å². The monoisotopic (exact) mass is 190 g/mol. The number of rotatable bonds is 8. The van der Waals surface area contributed by atoms with Crippen LogP contribution in [0.4, 0.5) is 0 Å². The molecule has 0 aromatic carbocycles. The molecule has 0 spiro atoms. The average molecular weight is 190 g/mol. The van der Waals surface area contributed by atoms with E-state index in [0.717, 1.165) is 13.1 Å². The third-order valence-electron chi connectivity index (χ3n) is 1.50. The Labute approximate surface area is 78.5 Å². The highest BCUT2D eigenvalue weighted by atomic mass is 16.5. The van der Waals surface area contributed by atoms with Gasteiger partial charge in [0.2, 0.25) is 0 Å². The lowest BCUT2D eigenvalue weighted by atomic mass is 10.4. The molecule has 0 atom stereocenters. The van der Waals surface area contributed by atoms with Crippen LogP contribution < -0.4 is 10.6 Å². The minimum atomic E-state index is -0.198. The molecule has 3 N–H and O–H groups in total. The van der Waals surface area contributed by atoms with Gasteiger partial charge in [0.15, 0.2) is 0 Å². The van der Waals surface area contributed by atoms with Gasteiger partial charge in [-0.15, -0.1) is 0 Å². The molecule has 5 nitrogen and oxygen atoms in total. The van der Waals surface area contributed by atoms with Crippen molar-refractivity contribution in [2.75, 3.05) is 39.9 Å². The Morgan fingerprint density at radius 1 is 1.23 bits per heavy atom. The van der Waals surface area contributed by atoms with Gasteiger partial charge in [0, 0.05) is 26.2 Å². The average Bonchev–Trinajstić information content (AvgIpc) is 2.16. The van der Waals surface area contributed by atoms with Gasteiger partial charge in [0.05, 0.1) is 20.1 Å². The molecule has 5 heteroatoms. The summed E-state index contributed by atoms with van der Waals surface area (Å²) in [6.07, 6.45) is 0.399. The summed E-state index contributed by atoms with van der Waals surface area (Å²) in [5.74, 6) is -0.198. The first kappa shape index (κ1) is 12.3. The molecule has 0 aromatic heterocycles. The van der Waals surface area contributed by atoms with E-state index in [0.29, 0.717) is 19.5 Å². The summed E-state index contributed by atoms with van der Waals surface area (Å²) in [5, 5.41) is 14.5. The largest absolute Gasteiger partial charge is 0.469 e. The first-order chi connectivity index (χ1) is 6.31. The van der Waals surface area contributed by atoms with Crippen molar-refractivity contribution in [3.8, 4) is 0 Å². The van der Waals surface area contributed by atoms with Crippen LogP contribution in [0, 0.1) is 0 Å². The quantitative estimate of drug-likeness (QED) is 0.328. The van der Waals surface area contributed by atoms with Crippen LogP contribution in [-0.4, -0.2) is 51.0 Å². The van der Waals surface area contributed by atoms with Crippen LogP contribution in [-0.2, 0) is 9.53 Å². The summed E-state index contributed by atoms with van der Waals surface area (Å²) >= 11 is 0. The van der Waals surface area contributed by atoms with E-state index in [1.54, 1.807) is 0 Å². The molecule has 0 aromatic rings. The summed E-state index contributed by atoms with van der Waals surface area (Å²) in [4.78, 5) is 10.6. The number of nitrogens with one attached hydrogen (secondary N) is 2. The van der Waals surface area contributed by atoms with Gasteiger partial charge < -0.3 is 20.5 Å². The summed E-state index contributed by atoms with van der Waals surface area (Å²) in [7, 11) is 1.38. The van der Waals surface area contributed by atoms with Crippen LogP contribution in [0.3, 0.4) is 0 Å². The van der Waals surface area contributed by atoms with E-state index in [9.17, 15) is 4.79 Å². The molecule has 78 valence electrons. The SMILES string of the molecule is COC(=O)CCNCCNCCO. The zero-order valence-electron chi connectivity index (χ0n) is 8.01. The van der Waals surface area contributed by atoms with Crippen molar-refractivity contribution in [2.45, 2.75) is 6.42 Å². The number of carbonyl (C=O) groups is 1. The number of aliphatic hydroxyl groups is 1. The molecule has 13 heavy (non-hydrogen) atoms. The molecule has 0 radical (unpaired) electrons. The van der Waals surface area contributed by atoms with E-state index in [2.05, 4.69) is 15.4 Å². The summed E-state index contributed by atoms with van der Waals surface area (Å²) in [6, 6.07) is 0. The smallest absolute Gasteiger partial charge is 0.306 e. The van der Waals surface area contributed by atoms with Crippen molar-refractivity contribution >= 4 is 5.97 Å². The number of aliphatic hydroxyl groups excluding tert-OH is 1. The second kappa shape index (κ2) is 9.44. The van der Waals surface area contributed by atoms with E-state index >= 15 is 0 Å². The van der Waals surface area contributed by atoms with Crippen molar-refractivity contribution in [3.63, 3.8) is 0 Å². The van der Waals surface area contributed by atoms with E-state index in [1.807, 2.05) is 0 Å². The number of ether oxygens (including phenoxy) is 1. The molecular weight excluding hydrogens is 172 g/mol. The topological polar surface area (TPSA) is 70.6 Å². The molecule has 0 unspecified atom stereocenters. The zero-order valence-corrected chi connectivity index (χ0v) is 8.01. The van der Waals surface area contributed by atoms with Crippen molar-refractivity contribution in [1.82, 2.24) is 10.6 Å². The van der Waals surface area contributed by atoms with Gasteiger partial charge in [-0.3, -0.25) is 4.79 Å². The number of hydrogen-bond acceptors (Lipinski definition) is 5. The van der Waals surface area contributed by atoms with E-state index in [4.69, 9.17) is 5.11 Å². The highest BCUT2D eigenvalue weighted by molar-refractivity contribution is 5.69. The third-order valence-corrected chi connectivity index (χ3v) is 1.50. The Balaban J connectivity index is 2.95.